The second-order valence-electron chi connectivity index (χ2n) is 6.79. The van der Waals surface area contributed by atoms with E-state index in [-0.39, 0.29) is 6.03 Å². The Labute approximate surface area is 130 Å². The van der Waals surface area contributed by atoms with Gasteiger partial charge in [0.05, 0.1) is 6.54 Å². The fourth-order valence-electron chi connectivity index (χ4n) is 3.55. The summed E-state index contributed by atoms with van der Waals surface area (Å²) in [7, 11) is 3.58. The first-order chi connectivity index (χ1) is 9.96. The lowest BCUT2D eigenvalue weighted by atomic mass is 9.65. The van der Waals surface area contributed by atoms with Crippen molar-refractivity contribution in [1.82, 2.24) is 20.1 Å². The summed E-state index contributed by atoms with van der Waals surface area (Å²) in [5.74, 6) is 0. The molecule has 1 aliphatic carbocycles. The van der Waals surface area contributed by atoms with E-state index in [4.69, 9.17) is 0 Å². The molecule has 2 heterocycles. The molecule has 0 atom stereocenters. The number of rotatable bonds is 3. The molecule has 1 N–H and O–H groups in total. The Morgan fingerprint density at radius 1 is 1.57 bits per heavy atom. The summed E-state index contributed by atoms with van der Waals surface area (Å²) in [6, 6.07) is 0.393. The molecule has 1 aliphatic heterocycles. The summed E-state index contributed by atoms with van der Waals surface area (Å²) in [4.78, 5) is 20.3. The van der Waals surface area contributed by atoms with E-state index in [2.05, 4.69) is 27.5 Å². The van der Waals surface area contributed by atoms with Gasteiger partial charge in [0.2, 0.25) is 0 Å². The molecule has 1 saturated heterocycles. The summed E-state index contributed by atoms with van der Waals surface area (Å²) in [6.07, 6.45) is 3.51. The number of aromatic nitrogens is 1. The van der Waals surface area contributed by atoms with Gasteiger partial charge in [0.15, 0.2) is 0 Å². The number of nitrogens with one attached hydrogen (secondary N) is 1. The zero-order valence-electron chi connectivity index (χ0n) is 13.1. The van der Waals surface area contributed by atoms with Gasteiger partial charge in [0, 0.05) is 37.8 Å². The molecular formula is C15H24N4OS. The van der Waals surface area contributed by atoms with E-state index >= 15 is 0 Å². The fraction of sp³-hybridized carbons (Fsp3) is 0.733. The van der Waals surface area contributed by atoms with E-state index in [0.29, 0.717) is 11.5 Å². The van der Waals surface area contributed by atoms with Crippen molar-refractivity contribution in [2.45, 2.75) is 38.8 Å². The Hall–Kier alpha value is -1.14. The van der Waals surface area contributed by atoms with E-state index in [1.165, 1.54) is 11.4 Å². The maximum atomic E-state index is 11.7. The van der Waals surface area contributed by atoms with Crippen LogP contribution in [0.1, 0.15) is 30.0 Å². The normalized spacial score (nSPS) is 28.6. The summed E-state index contributed by atoms with van der Waals surface area (Å²) in [6.45, 7) is 5.34. The Kier molecular flexibility index (Phi) is 3.92. The highest BCUT2D eigenvalue weighted by molar-refractivity contribution is 7.09. The zero-order chi connectivity index (χ0) is 15.0. The summed E-state index contributed by atoms with van der Waals surface area (Å²) < 4.78 is 0. The molecule has 0 unspecified atom stereocenters. The standard InChI is InChI=1S/C15H24N4OS/c1-11-9-21-13(16-11)8-19-5-4-15(10-19)6-12(7-15)17-14(20)18(2)3/h9,12H,4-8,10H2,1-3H3,(H,17,20). The third-order valence-electron chi connectivity index (χ3n) is 4.64. The molecular weight excluding hydrogens is 284 g/mol. The third-order valence-corrected chi connectivity index (χ3v) is 5.59. The molecule has 21 heavy (non-hydrogen) atoms. The average molecular weight is 308 g/mol. The van der Waals surface area contributed by atoms with Crippen LogP contribution in [0.4, 0.5) is 4.79 Å². The number of carbonyl (C=O) groups is 1. The highest BCUT2D eigenvalue weighted by Gasteiger charge is 2.48. The SMILES string of the molecule is Cc1csc(CN2CCC3(CC(NC(=O)N(C)C)C3)C2)n1. The maximum absolute atomic E-state index is 11.7. The van der Waals surface area contributed by atoms with E-state index in [0.717, 1.165) is 38.2 Å². The summed E-state index contributed by atoms with van der Waals surface area (Å²) >= 11 is 1.76. The number of carbonyl (C=O) groups excluding carboxylic acids is 1. The smallest absolute Gasteiger partial charge is 0.317 e. The second kappa shape index (κ2) is 5.57. The largest absolute Gasteiger partial charge is 0.335 e. The van der Waals surface area contributed by atoms with Crippen LogP contribution >= 0.6 is 11.3 Å². The molecule has 1 aromatic rings. The average Bonchev–Trinajstić information content (AvgIpc) is 2.96. The number of likely N-dealkylation sites (tertiary alicyclic amines) is 1. The lowest BCUT2D eigenvalue weighted by molar-refractivity contribution is 0.0899. The summed E-state index contributed by atoms with van der Waals surface area (Å²) in [5.41, 5.74) is 1.57. The molecule has 2 aliphatic rings. The molecule has 6 heteroatoms. The van der Waals surface area contributed by atoms with E-state index < -0.39 is 0 Å². The fourth-order valence-corrected chi connectivity index (χ4v) is 4.37. The van der Waals surface area contributed by atoms with Crippen molar-refractivity contribution in [2.24, 2.45) is 5.41 Å². The van der Waals surface area contributed by atoms with Gasteiger partial charge in [-0.3, -0.25) is 4.90 Å². The molecule has 0 radical (unpaired) electrons. The molecule has 1 spiro atoms. The van der Waals surface area contributed by atoms with Crippen molar-refractivity contribution in [3.8, 4) is 0 Å². The molecule has 1 aromatic heterocycles. The van der Waals surface area contributed by atoms with Crippen molar-refractivity contribution in [1.29, 1.82) is 0 Å². The number of nitrogens with zero attached hydrogens (tertiary/aromatic N) is 3. The Morgan fingerprint density at radius 3 is 2.95 bits per heavy atom. The van der Waals surface area contributed by atoms with Crippen LogP contribution in [0.25, 0.3) is 0 Å². The maximum Gasteiger partial charge on any atom is 0.317 e. The van der Waals surface area contributed by atoms with Crippen molar-refractivity contribution in [3.05, 3.63) is 16.1 Å². The zero-order valence-corrected chi connectivity index (χ0v) is 13.9. The minimum absolute atomic E-state index is 0.0305. The van der Waals surface area contributed by atoms with E-state index in [9.17, 15) is 4.79 Å². The molecule has 1 saturated carbocycles. The molecule has 2 amide bonds. The van der Waals surface area contributed by atoms with Gasteiger partial charge in [-0.25, -0.2) is 9.78 Å². The predicted octanol–water partition coefficient (Wildman–Crippen LogP) is 2.08. The molecule has 0 bridgehead atoms. The van der Waals surface area contributed by atoms with Crippen LogP contribution in [0, 0.1) is 12.3 Å². The molecule has 5 nitrogen and oxygen atoms in total. The number of aryl methyl sites for hydroxylation is 1. The third kappa shape index (κ3) is 3.21. The van der Waals surface area contributed by atoms with Gasteiger partial charge < -0.3 is 10.2 Å². The number of urea groups is 1. The van der Waals surface area contributed by atoms with Crippen LogP contribution in [0.2, 0.25) is 0 Å². The minimum atomic E-state index is 0.0305. The first-order valence-electron chi connectivity index (χ1n) is 7.57. The molecule has 116 valence electrons. The Morgan fingerprint density at radius 2 is 2.33 bits per heavy atom. The van der Waals surface area contributed by atoms with Crippen molar-refractivity contribution >= 4 is 17.4 Å². The van der Waals surface area contributed by atoms with Crippen LogP contribution in [-0.4, -0.2) is 54.0 Å². The van der Waals surface area contributed by atoms with E-state index in [1.54, 1.807) is 30.3 Å². The number of hydrogen-bond donors (Lipinski definition) is 1. The van der Waals surface area contributed by atoms with Gasteiger partial charge in [0.1, 0.15) is 5.01 Å². The van der Waals surface area contributed by atoms with Crippen molar-refractivity contribution < 1.29 is 4.79 Å². The van der Waals surface area contributed by atoms with Crippen LogP contribution in [0.3, 0.4) is 0 Å². The van der Waals surface area contributed by atoms with Gasteiger partial charge >= 0.3 is 6.03 Å². The van der Waals surface area contributed by atoms with Crippen LogP contribution in [0.5, 0.6) is 0 Å². The van der Waals surface area contributed by atoms with Gasteiger partial charge in [0.25, 0.3) is 0 Å². The second-order valence-corrected chi connectivity index (χ2v) is 7.74. The van der Waals surface area contributed by atoms with Gasteiger partial charge in [-0.05, 0) is 38.1 Å². The van der Waals surface area contributed by atoms with Gasteiger partial charge in [-0.1, -0.05) is 0 Å². The number of amides is 2. The first kappa shape index (κ1) is 14.8. The Bertz CT molecular complexity index is 521. The van der Waals surface area contributed by atoms with Gasteiger partial charge in [-0.2, -0.15) is 0 Å². The lowest BCUT2D eigenvalue weighted by Crippen LogP contribution is -2.53. The predicted molar refractivity (Wildman–Crippen MR) is 84.4 cm³/mol. The Balaban J connectivity index is 1.46. The van der Waals surface area contributed by atoms with E-state index in [1.807, 2.05) is 0 Å². The first-order valence-corrected chi connectivity index (χ1v) is 8.45. The molecule has 2 fully saturated rings. The number of hydrogen-bond acceptors (Lipinski definition) is 4. The monoisotopic (exact) mass is 308 g/mol. The van der Waals surface area contributed by atoms with Crippen molar-refractivity contribution in [2.75, 3.05) is 27.2 Å². The topological polar surface area (TPSA) is 48.5 Å². The van der Waals surface area contributed by atoms with Gasteiger partial charge in [-0.15, -0.1) is 11.3 Å². The summed E-state index contributed by atoms with van der Waals surface area (Å²) in [5, 5.41) is 6.44. The van der Waals surface area contributed by atoms with Crippen LogP contribution in [-0.2, 0) is 6.54 Å². The van der Waals surface area contributed by atoms with Crippen molar-refractivity contribution in [3.63, 3.8) is 0 Å². The quantitative estimate of drug-likeness (QED) is 0.930. The molecule has 3 rings (SSSR count). The highest BCUT2D eigenvalue weighted by Crippen LogP contribution is 2.48. The van der Waals surface area contributed by atoms with Crippen LogP contribution < -0.4 is 5.32 Å². The highest BCUT2D eigenvalue weighted by atomic mass is 32.1. The lowest BCUT2D eigenvalue weighted by Gasteiger charge is -2.45. The van der Waals surface area contributed by atoms with Crippen LogP contribution in [0.15, 0.2) is 5.38 Å². The number of thiazole rings is 1. The minimum Gasteiger partial charge on any atom is -0.335 e. The molecule has 0 aromatic carbocycles.